The molecule has 0 saturated heterocycles. The summed E-state index contributed by atoms with van der Waals surface area (Å²) in [4.78, 5) is 11.7. The molecule has 1 aromatic rings. The zero-order valence-electron chi connectivity index (χ0n) is 10.4. The minimum Gasteiger partial charge on any atom is -0.468 e. The predicted octanol–water partition coefficient (Wildman–Crippen LogP) is 1.91. The van der Waals surface area contributed by atoms with Crippen molar-refractivity contribution in [3.8, 4) is 0 Å². The average Bonchev–Trinajstić information content (AvgIpc) is 2.31. The van der Waals surface area contributed by atoms with Gasteiger partial charge in [0.05, 0.1) is 7.11 Å². The van der Waals surface area contributed by atoms with Crippen LogP contribution in [-0.2, 0) is 16.0 Å². The van der Waals surface area contributed by atoms with E-state index in [2.05, 4.69) is 5.32 Å². The lowest BCUT2D eigenvalue weighted by Crippen LogP contribution is -2.51. The standard InChI is InChI=1S/C13H18FNO2/c1-4-15-13(2,12(16)17-3)9-10-5-7-11(14)8-6-10/h5-8,15H,4,9H2,1-3H3. The van der Waals surface area contributed by atoms with Crippen LogP contribution in [0.15, 0.2) is 24.3 Å². The maximum Gasteiger partial charge on any atom is 0.326 e. The summed E-state index contributed by atoms with van der Waals surface area (Å²) in [6, 6.07) is 6.12. The molecule has 0 aliphatic rings. The van der Waals surface area contributed by atoms with Gasteiger partial charge in [0, 0.05) is 6.42 Å². The molecule has 0 aliphatic heterocycles. The molecule has 4 heteroatoms. The van der Waals surface area contributed by atoms with Crippen molar-refractivity contribution in [1.29, 1.82) is 0 Å². The van der Waals surface area contributed by atoms with Crippen LogP contribution in [0, 0.1) is 5.82 Å². The topological polar surface area (TPSA) is 38.3 Å². The molecule has 1 aromatic carbocycles. The summed E-state index contributed by atoms with van der Waals surface area (Å²) in [5.41, 5.74) is 0.113. The third-order valence-electron chi connectivity index (χ3n) is 2.67. The maximum atomic E-state index is 12.8. The van der Waals surface area contributed by atoms with Gasteiger partial charge in [-0.1, -0.05) is 19.1 Å². The van der Waals surface area contributed by atoms with Gasteiger partial charge in [0.2, 0.25) is 0 Å². The van der Waals surface area contributed by atoms with E-state index in [9.17, 15) is 9.18 Å². The van der Waals surface area contributed by atoms with Crippen molar-refractivity contribution >= 4 is 5.97 Å². The minimum atomic E-state index is -0.776. The summed E-state index contributed by atoms with van der Waals surface area (Å²) in [6.45, 7) is 4.37. The van der Waals surface area contributed by atoms with Gasteiger partial charge < -0.3 is 10.1 Å². The lowest BCUT2D eigenvalue weighted by Gasteiger charge is -2.27. The molecule has 0 spiro atoms. The summed E-state index contributed by atoms with van der Waals surface area (Å²) in [5.74, 6) is -0.597. The van der Waals surface area contributed by atoms with Gasteiger partial charge in [-0.15, -0.1) is 0 Å². The first kappa shape index (κ1) is 13.6. The number of benzene rings is 1. The van der Waals surface area contributed by atoms with Crippen molar-refractivity contribution in [2.24, 2.45) is 0 Å². The molecule has 0 heterocycles. The van der Waals surface area contributed by atoms with Gasteiger partial charge in [0.1, 0.15) is 11.4 Å². The highest BCUT2D eigenvalue weighted by molar-refractivity contribution is 5.80. The number of hydrogen-bond acceptors (Lipinski definition) is 3. The Labute approximate surface area is 101 Å². The molecule has 0 saturated carbocycles. The molecule has 94 valence electrons. The molecular formula is C13H18FNO2. The second-order valence-corrected chi connectivity index (χ2v) is 4.16. The Morgan fingerprint density at radius 1 is 1.41 bits per heavy atom. The molecule has 1 unspecified atom stereocenters. The van der Waals surface area contributed by atoms with Gasteiger partial charge in [0.25, 0.3) is 0 Å². The van der Waals surface area contributed by atoms with E-state index in [1.807, 2.05) is 6.92 Å². The number of hydrogen-bond donors (Lipinski definition) is 1. The van der Waals surface area contributed by atoms with E-state index >= 15 is 0 Å². The normalized spacial score (nSPS) is 14.1. The first-order valence-electron chi connectivity index (χ1n) is 5.59. The van der Waals surface area contributed by atoms with Crippen LogP contribution in [0.3, 0.4) is 0 Å². The van der Waals surface area contributed by atoms with Crippen LogP contribution in [0.5, 0.6) is 0 Å². The Kier molecular flexibility index (Phi) is 4.63. The molecule has 17 heavy (non-hydrogen) atoms. The first-order chi connectivity index (χ1) is 8.01. The van der Waals surface area contributed by atoms with Crippen molar-refractivity contribution < 1.29 is 13.9 Å². The number of nitrogens with one attached hydrogen (secondary N) is 1. The van der Waals surface area contributed by atoms with E-state index in [0.29, 0.717) is 13.0 Å². The highest BCUT2D eigenvalue weighted by atomic mass is 19.1. The smallest absolute Gasteiger partial charge is 0.326 e. The molecular weight excluding hydrogens is 221 g/mol. The molecule has 0 amide bonds. The Bertz CT molecular complexity index is 378. The van der Waals surface area contributed by atoms with Crippen LogP contribution < -0.4 is 5.32 Å². The molecule has 0 bridgehead atoms. The fourth-order valence-electron chi connectivity index (χ4n) is 1.83. The fourth-order valence-corrected chi connectivity index (χ4v) is 1.83. The van der Waals surface area contributed by atoms with Gasteiger partial charge >= 0.3 is 5.97 Å². The van der Waals surface area contributed by atoms with E-state index in [-0.39, 0.29) is 11.8 Å². The number of carbonyl (C=O) groups is 1. The van der Waals surface area contributed by atoms with Crippen LogP contribution >= 0.6 is 0 Å². The second-order valence-electron chi connectivity index (χ2n) is 4.16. The van der Waals surface area contributed by atoms with Crippen molar-refractivity contribution in [1.82, 2.24) is 5.32 Å². The third kappa shape index (κ3) is 3.53. The van der Waals surface area contributed by atoms with Gasteiger partial charge in [-0.3, -0.25) is 4.79 Å². The quantitative estimate of drug-likeness (QED) is 0.798. The van der Waals surface area contributed by atoms with Crippen LogP contribution in [0.2, 0.25) is 0 Å². The summed E-state index contributed by atoms with van der Waals surface area (Å²) >= 11 is 0. The van der Waals surface area contributed by atoms with Gasteiger partial charge in [0.15, 0.2) is 0 Å². The van der Waals surface area contributed by atoms with E-state index in [1.54, 1.807) is 19.1 Å². The lowest BCUT2D eigenvalue weighted by atomic mass is 9.92. The Morgan fingerprint density at radius 3 is 2.47 bits per heavy atom. The molecule has 1 rings (SSSR count). The van der Waals surface area contributed by atoms with E-state index in [4.69, 9.17) is 4.74 Å². The lowest BCUT2D eigenvalue weighted by molar-refractivity contribution is -0.147. The number of likely N-dealkylation sites (N-methyl/N-ethyl adjacent to an activating group) is 1. The zero-order chi connectivity index (χ0) is 12.9. The highest BCUT2D eigenvalue weighted by Crippen LogP contribution is 2.15. The van der Waals surface area contributed by atoms with E-state index in [1.165, 1.54) is 19.2 Å². The number of rotatable bonds is 5. The number of carbonyl (C=O) groups excluding carboxylic acids is 1. The Hall–Kier alpha value is -1.42. The Balaban J connectivity index is 2.86. The molecule has 0 aliphatic carbocycles. The van der Waals surface area contributed by atoms with Crippen LogP contribution in [0.1, 0.15) is 19.4 Å². The number of esters is 1. The molecule has 0 fully saturated rings. The largest absolute Gasteiger partial charge is 0.468 e. The second kappa shape index (κ2) is 5.77. The molecule has 3 nitrogen and oxygen atoms in total. The summed E-state index contributed by atoms with van der Waals surface area (Å²) in [6.07, 6.45) is 0.466. The Morgan fingerprint density at radius 2 is 2.00 bits per heavy atom. The molecule has 0 aromatic heterocycles. The van der Waals surface area contributed by atoms with E-state index in [0.717, 1.165) is 5.56 Å². The SMILES string of the molecule is CCNC(C)(Cc1ccc(F)cc1)C(=O)OC. The fraction of sp³-hybridized carbons (Fsp3) is 0.462. The first-order valence-corrected chi connectivity index (χ1v) is 5.59. The summed E-state index contributed by atoms with van der Waals surface area (Å²) in [5, 5.41) is 3.10. The maximum absolute atomic E-state index is 12.8. The molecule has 0 radical (unpaired) electrons. The van der Waals surface area contributed by atoms with Gasteiger partial charge in [-0.2, -0.15) is 0 Å². The summed E-state index contributed by atoms with van der Waals surface area (Å²) in [7, 11) is 1.36. The summed E-state index contributed by atoms with van der Waals surface area (Å²) < 4.78 is 17.6. The third-order valence-corrected chi connectivity index (χ3v) is 2.67. The van der Waals surface area contributed by atoms with Crippen molar-refractivity contribution in [3.63, 3.8) is 0 Å². The number of halogens is 1. The predicted molar refractivity (Wildman–Crippen MR) is 64.2 cm³/mol. The molecule has 1 N–H and O–H groups in total. The monoisotopic (exact) mass is 239 g/mol. The van der Waals surface area contributed by atoms with Gasteiger partial charge in [-0.25, -0.2) is 4.39 Å². The average molecular weight is 239 g/mol. The van der Waals surface area contributed by atoms with Crippen molar-refractivity contribution in [3.05, 3.63) is 35.6 Å². The van der Waals surface area contributed by atoms with Crippen LogP contribution in [0.25, 0.3) is 0 Å². The zero-order valence-corrected chi connectivity index (χ0v) is 10.4. The van der Waals surface area contributed by atoms with Crippen LogP contribution in [-0.4, -0.2) is 25.2 Å². The van der Waals surface area contributed by atoms with Crippen molar-refractivity contribution in [2.45, 2.75) is 25.8 Å². The minimum absolute atomic E-state index is 0.281. The van der Waals surface area contributed by atoms with Crippen LogP contribution in [0.4, 0.5) is 4.39 Å². The van der Waals surface area contributed by atoms with Crippen molar-refractivity contribution in [2.75, 3.05) is 13.7 Å². The molecule has 1 atom stereocenters. The van der Waals surface area contributed by atoms with E-state index < -0.39 is 5.54 Å². The highest BCUT2D eigenvalue weighted by Gasteiger charge is 2.33. The van der Waals surface area contributed by atoms with Gasteiger partial charge in [-0.05, 0) is 31.2 Å². The number of methoxy groups -OCH3 is 1. The number of ether oxygens (including phenoxy) is 1.